The number of aromatic nitrogens is 1. The topological polar surface area (TPSA) is 54.1 Å². The van der Waals surface area contributed by atoms with Crippen LogP contribution in [0.25, 0.3) is 0 Å². The Morgan fingerprint density at radius 1 is 0.952 bits per heavy atom. The molecule has 0 fully saturated rings. The highest BCUT2D eigenvalue weighted by atomic mass is 16.5. The SMILES string of the molecule is O=C(Nc1ccccc1Oc1ccccc1)c1cc[nH]c1. The van der Waals surface area contributed by atoms with Crippen molar-refractivity contribution in [2.45, 2.75) is 0 Å². The van der Waals surface area contributed by atoms with Gasteiger partial charge in [0.05, 0.1) is 11.3 Å². The van der Waals surface area contributed by atoms with Gasteiger partial charge in [0.15, 0.2) is 5.75 Å². The third kappa shape index (κ3) is 3.12. The maximum Gasteiger partial charge on any atom is 0.257 e. The fourth-order valence-corrected chi connectivity index (χ4v) is 1.93. The minimum Gasteiger partial charge on any atom is -0.455 e. The lowest BCUT2D eigenvalue weighted by atomic mass is 10.2. The summed E-state index contributed by atoms with van der Waals surface area (Å²) in [5.41, 5.74) is 1.21. The molecule has 2 aromatic carbocycles. The molecular formula is C17H14N2O2. The summed E-state index contributed by atoms with van der Waals surface area (Å²) >= 11 is 0. The molecule has 0 spiro atoms. The van der Waals surface area contributed by atoms with Crippen LogP contribution in [0.2, 0.25) is 0 Å². The zero-order valence-corrected chi connectivity index (χ0v) is 11.2. The van der Waals surface area contributed by atoms with Gasteiger partial charge in [0, 0.05) is 12.4 Å². The van der Waals surface area contributed by atoms with Crippen LogP contribution in [0.4, 0.5) is 5.69 Å². The number of hydrogen-bond acceptors (Lipinski definition) is 2. The second-order valence-corrected chi connectivity index (χ2v) is 4.47. The van der Waals surface area contributed by atoms with Crippen molar-refractivity contribution in [3.63, 3.8) is 0 Å². The molecule has 0 unspecified atom stereocenters. The minimum absolute atomic E-state index is 0.180. The molecule has 4 heteroatoms. The number of rotatable bonds is 4. The Bertz CT molecular complexity index is 722. The molecule has 1 heterocycles. The first-order valence-corrected chi connectivity index (χ1v) is 6.59. The number of aromatic amines is 1. The molecule has 0 bridgehead atoms. The predicted molar refractivity (Wildman–Crippen MR) is 81.7 cm³/mol. The predicted octanol–water partition coefficient (Wildman–Crippen LogP) is 4.06. The minimum atomic E-state index is -0.180. The number of carbonyl (C=O) groups excluding carboxylic acids is 1. The van der Waals surface area contributed by atoms with Gasteiger partial charge in [-0.15, -0.1) is 0 Å². The first kappa shape index (κ1) is 13.0. The second kappa shape index (κ2) is 5.96. The summed E-state index contributed by atoms with van der Waals surface area (Å²) in [6, 6.07) is 18.5. The normalized spacial score (nSPS) is 10.1. The molecule has 0 aliphatic heterocycles. The number of para-hydroxylation sites is 3. The van der Waals surface area contributed by atoms with Crippen molar-refractivity contribution < 1.29 is 9.53 Å². The maximum atomic E-state index is 12.1. The van der Waals surface area contributed by atoms with E-state index in [-0.39, 0.29) is 5.91 Å². The van der Waals surface area contributed by atoms with Gasteiger partial charge in [-0.05, 0) is 30.3 Å². The van der Waals surface area contributed by atoms with Crippen molar-refractivity contribution in [1.82, 2.24) is 4.98 Å². The van der Waals surface area contributed by atoms with Gasteiger partial charge in [-0.2, -0.15) is 0 Å². The molecule has 0 aliphatic carbocycles. The highest BCUT2D eigenvalue weighted by Gasteiger charge is 2.10. The fourth-order valence-electron chi connectivity index (χ4n) is 1.93. The molecule has 4 nitrogen and oxygen atoms in total. The zero-order valence-electron chi connectivity index (χ0n) is 11.2. The number of hydrogen-bond donors (Lipinski definition) is 2. The van der Waals surface area contributed by atoms with Crippen LogP contribution in [0.5, 0.6) is 11.5 Å². The Morgan fingerprint density at radius 2 is 1.71 bits per heavy atom. The summed E-state index contributed by atoms with van der Waals surface area (Å²) < 4.78 is 5.81. The molecule has 0 atom stereocenters. The lowest BCUT2D eigenvalue weighted by molar-refractivity contribution is 0.102. The standard InChI is InChI=1S/C17H14N2O2/c20-17(13-10-11-18-12-13)19-15-8-4-5-9-16(15)21-14-6-2-1-3-7-14/h1-12,18H,(H,19,20). The van der Waals surface area contributed by atoms with E-state index >= 15 is 0 Å². The Labute approximate surface area is 122 Å². The smallest absolute Gasteiger partial charge is 0.257 e. The maximum absolute atomic E-state index is 12.1. The van der Waals surface area contributed by atoms with Crippen molar-refractivity contribution in [3.05, 3.63) is 78.6 Å². The van der Waals surface area contributed by atoms with Crippen LogP contribution in [0.3, 0.4) is 0 Å². The molecule has 0 radical (unpaired) electrons. The van der Waals surface area contributed by atoms with Crippen LogP contribution in [-0.4, -0.2) is 10.9 Å². The van der Waals surface area contributed by atoms with Crippen LogP contribution in [0.1, 0.15) is 10.4 Å². The molecular weight excluding hydrogens is 264 g/mol. The van der Waals surface area contributed by atoms with Crippen molar-refractivity contribution in [2.75, 3.05) is 5.32 Å². The Morgan fingerprint density at radius 3 is 2.48 bits per heavy atom. The fraction of sp³-hybridized carbons (Fsp3) is 0. The number of amides is 1. The third-order valence-electron chi connectivity index (χ3n) is 2.97. The second-order valence-electron chi connectivity index (χ2n) is 4.47. The van der Waals surface area contributed by atoms with Gasteiger partial charge in [-0.3, -0.25) is 4.79 Å². The van der Waals surface area contributed by atoms with Crippen LogP contribution in [0.15, 0.2) is 73.1 Å². The molecule has 21 heavy (non-hydrogen) atoms. The lowest BCUT2D eigenvalue weighted by Crippen LogP contribution is -2.11. The number of nitrogens with one attached hydrogen (secondary N) is 2. The molecule has 2 N–H and O–H groups in total. The van der Waals surface area contributed by atoms with Gasteiger partial charge in [-0.25, -0.2) is 0 Å². The molecule has 0 aliphatic rings. The molecule has 3 rings (SSSR count). The highest BCUT2D eigenvalue weighted by Crippen LogP contribution is 2.29. The molecule has 0 saturated heterocycles. The Balaban J connectivity index is 1.81. The van der Waals surface area contributed by atoms with Gasteiger partial charge in [0.2, 0.25) is 0 Å². The van der Waals surface area contributed by atoms with Crippen molar-refractivity contribution in [2.24, 2.45) is 0 Å². The van der Waals surface area contributed by atoms with E-state index in [0.717, 1.165) is 5.75 Å². The largest absolute Gasteiger partial charge is 0.455 e. The van der Waals surface area contributed by atoms with Crippen LogP contribution >= 0.6 is 0 Å². The van der Waals surface area contributed by atoms with E-state index in [1.165, 1.54) is 0 Å². The van der Waals surface area contributed by atoms with E-state index in [0.29, 0.717) is 17.0 Å². The van der Waals surface area contributed by atoms with E-state index in [9.17, 15) is 4.79 Å². The van der Waals surface area contributed by atoms with Crippen LogP contribution in [0, 0.1) is 0 Å². The quantitative estimate of drug-likeness (QED) is 0.756. The summed E-state index contributed by atoms with van der Waals surface area (Å²) in [6.07, 6.45) is 3.36. The van der Waals surface area contributed by atoms with E-state index in [1.807, 2.05) is 54.6 Å². The highest BCUT2D eigenvalue weighted by molar-refractivity contribution is 6.04. The third-order valence-corrected chi connectivity index (χ3v) is 2.97. The number of anilines is 1. The Hall–Kier alpha value is -3.01. The van der Waals surface area contributed by atoms with Crippen LogP contribution < -0.4 is 10.1 Å². The van der Waals surface area contributed by atoms with Gasteiger partial charge < -0.3 is 15.0 Å². The average Bonchev–Trinajstić information content (AvgIpc) is 3.05. The molecule has 0 saturated carbocycles. The monoisotopic (exact) mass is 278 g/mol. The average molecular weight is 278 g/mol. The number of H-pyrrole nitrogens is 1. The van der Waals surface area contributed by atoms with Gasteiger partial charge in [-0.1, -0.05) is 30.3 Å². The van der Waals surface area contributed by atoms with E-state index in [2.05, 4.69) is 10.3 Å². The number of ether oxygens (including phenoxy) is 1. The molecule has 1 amide bonds. The van der Waals surface area contributed by atoms with E-state index in [1.54, 1.807) is 18.5 Å². The first-order chi connectivity index (χ1) is 10.3. The summed E-state index contributed by atoms with van der Waals surface area (Å²) in [5.74, 6) is 1.15. The first-order valence-electron chi connectivity index (χ1n) is 6.59. The van der Waals surface area contributed by atoms with Crippen molar-refractivity contribution in [3.8, 4) is 11.5 Å². The number of carbonyl (C=O) groups is 1. The van der Waals surface area contributed by atoms with Gasteiger partial charge in [0.1, 0.15) is 5.75 Å². The summed E-state index contributed by atoms with van der Waals surface area (Å²) in [4.78, 5) is 15.0. The zero-order chi connectivity index (χ0) is 14.5. The van der Waals surface area contributed by atoms with E-state index < -0.39 is 0 Å². The van der Waals surface area contributed by atoms with Crippen molar-refractivity contribution in [1.29, 1.82) is 0 Å². The summed E-state index contributed by atoms with van der Waals surface area (Å²) in [5, 5.41) is 2.85. The summed E-state index contributed by atoms with van der Waals surface area (Å²) in [6.45, 7) is 0. The van der Waals surface area contributed by atoms with E-state index in [4.69, 9.17) is 4.74 Å². The summed E-state index contributed by atoms with van der Waals surface area (Å²) in [7, 11) is 0. The van der Waals surface area contributed by atoms with Crippen LogP contribution in [-0.2, 0) is 0 Å². The van der Waals surface area contributed by atoms with Gasteiger partial charge >= 0.3 is 0 Å². The molecule has 1 aromatic heterocycles. The number of benzene rings is 2. The lowest BCUT2D eigenvalue weighted by Gasteiger charge is -2.11. The Kier molecular flexibility index (Phi) is 3.69. The van der Waals surface area contributed by atoms with Crippen molar-refractivity contribution >= 4 is 11.6 Å². The van der Waals surface area contributed by atoms with Gasteiger partial charge in [0.25, 0.3) is 5.91 Å². The molecule has 104 valence electrons. The molecule has 3 aromatic rings.